The smallest absolute Gasteiger partial charge is 0.0496 e. The summed E-state index contributed by atoms with van der Waals surface area (Å²) in [7, 11) is 6.83. The molecule has 2 atom stereocenters. The summed E-state index contributed by atoms with van der Waals surface area (Å²) < 4.78 is 0. The normalized spacial score (nSPS) is 36.6. The van der Waals surface area contributed by atoms with Crippen LogP contribution in [0.3, 0.4) is 0 Å². The molecule has 4 nitrogen and oxygen atoms in total. The summed E-state index contributed by atoms with van der Waals surface area (Å²) in [6, 6.07) is 0.705. The molecule has 0 aromatic rings. The molecule has 0 radical (unpaired) electrons. The van der Waals surface area contributed by atoms with E-state index in [1.807, 2.05) is 0 Å². The maximum atomic E-state index is 6.30. The molecule has 2 aliphatic heterocycles. The zero-order chi connectivity index (χ0) is 14.4. The summed E-state index contributed by atoms with van der Waals surface area (Å²) in [5.74, 6) is 0. The Balaban J connectivity index is 1.76. The predicted octanol–water partition coefficient (Wildman–Crippen LogP) is 0.968. The van der Waals surface area contributed by atoms with Gasteiger partial charge in [-0.25, -0.2) is 0 Å². The lowest BCUT2D eigenvalue weighted by Gasteiger charge is -2.53. The van der Waals surface area contributed by atoms with E-state index in [0.717, 1.165) is 6.54 Å². The van der Waals surface area contributed by atoms with Crippen molar-refractivity contribution in [3.8, 4) is 0 Å². The second kappa shape index (κ2) is 5.24. The van der Waals surface area contributed by atoms with Gasteiger partial charge in [-0.15, -0.1) is 0 Å². The maximum absolute atomic E-state index is 6.30. The molecule has 0 bridgehead atoms. The molecule has 2 saturated heterocycles. The van der Waals surface area contributed by atoms with E-state index in [0.29, 0.717) is 11.6 Å². The maximum Gasteiger partial charge on any atom is 0.0496 e. The second-order valence-electron chi connectivity index (χ2n) is 7.58. The molecule has 116 valence electrons. The van der Waals surface area contributed by atoms with Crippen LogP contribution >= 0.6 is 0 Å². The van der Waals surface area contributed by atoms with Gasteiger partial charge in [0.25, 0.3) is 0 Å². The summed E-state index contributed by atoms with van der Waals surface area (Å²) in [5, 5.41) is 0. The number of rotatable bonds is 5. The van der Waals surface area contributed by atoms with Gasteiger partial charge in [0.15, 0.2) is 0 Å². The topological polar surface area (TPSA) is 35.7 Å². The average molecular weight is 280 g/mol. The lowest BCUT2D eigenvalue weighted by Crippen LogP contribution is -2.65. The van der Waals surface area contributed by atoms with E-state index in [-0.39, 0.29) is 5.54 Å². The minimum Gasteiger partial charge on any atom is -0.329 e. The van der Waals surface area contributed by atoms with E-state index < -0.39 is 0 Å². The Hall–Kier alpha value is -0.160. The fourth-order valence-electron chi connectivity index (χ4n) is 4.98. The lowest BCUT2D eigenvalue weighted by atomic mass is 9.74. The van der Waals surface area contributed by atoms with Gasteiger partial charge in [-0.3, -0.25) is 9.80 Å². The summed E-state index contributed by atoms with van der Waals surface area (Å²) in [4.78, 5) is 7.78. The molecule has 0 aromatic heterocycles. The van der Waals surface area contributed by atoms with E-state index in [1.54, 1.807) is 0 Å². The summed E-state index contributed by atoms with van der Waals surface area (Å²) >= 11 is 0. The van der Waals surface area contributed by atoms with Crippen molar-refractivity contribution >= 4 is 0 Å². The average Bonchev–Trinajstić information content (AvgIpc) is 2.94. The van der Waals surface area contributed by atoms with E-state index >= 15 is 0 Å². The number of hydrogen-bond acceptors (Lipinski definition) is 4. The molecular formula is C16H32N4. The fourth-order valence-corrected chi connectivity index (χ4v) is 4.98. The highest BCUT2D eigenvalue weighted by molar-refractivity contribution is 5.11. The molecule has 2 unspecified atom stereocenters. The summed E-state index contributed by atoms with van der Waals surface area (Å²) in [6.45, 7) is 4.54. The first kappa shape index (κ1) is 14.8. The molecule has 0 aromatic carbocycles. The SMILES string of the molecule is CN(C)C1(CN(C)C2(CN)CCN3CCCC32)CCC1. The quantitative estimate of drug-likeness (QED) is 0.814. The van der Waals surface area contributed by atoms with Gasteiger partial charge in [0.1, 0.15) is 0 Å². The van der Waals surface area contributed by atoms with Gasteiger partial charge in [0.2, 0.25) is 0 Å². The monoisotopic (exact) mass is 280 g/mol. The van der Waals surface area contributed by atoms with Crippen LogP contribution in [-0.4, -0.2) is 79.1 Å². The van der Waals surface area contributed by atoms with Crippen LogP contribution in [0.5, 0.6) is 0 Å². The molecule has 1 aliphatic carbocycles. The van der Waals surface area contributed by atoms with Crippen molar-refractivity contribution in [2.24, 2.45) is 5.73 Å². The number of nitrogens with zero attached hydrogens (tertiary/aromatic N) is 3. The summed E-state index contributed by atoms with van der Waals surface area (Å²) in [5.41, 5.74) is 6.94. The minimum absolute atomic E-state index is 0.231. The van der Waals surface area contributed by atoms with Crippen molar-refractivity contribution in [1.29, 1.82) is 0 Å². The van der Waals surface area contributed by atoms with Gasteiger partial charge in [-0.2, -0.15) is 0 Å². The molecule has 2 N–H and O–H groups in total. The zero-order valence-electron chi connectivity index (χ0n) is 13.6. The number of fused-ring (bicyclic) bond motifs is 1. The largest absolute Gasteiger partial charge is 0.329 e. The Bertz CT molecular complexity index is 352. The Morgan fingerprint density at radius 3 is 2.40 bits per heavy atom. The van der Waals surface area contributed by atoms with Gasteiger partial charge in [0.05, 0.1) is 0 Å². The highest BCUT2D eigenvalue weighted by atomic mass is 15.3. The van der Waals surface area contributed by atoms with Crippen LogP contribution in [-0.2, 0) is 0 Å². The molecule has 0 amide bonds. The third-order valence-electron chi connectivity index (χ3n) is 6.69. The Kier molecular flexibility index (Phi) is 3.87. The number of hydrogen-bond donors (Lipinski definition) is 1. The van der Waals surface area contributed by atoms with Gasteiger partial charge >= 0.3 is 0 Å². The molecule has 4 heteroatoms. The van der Waals surface area contributed by atoms with Crippen molar-refractivity contribution in [2.75, 3.05) is 47.3 Å². The minimum atomic E-state index is 0.231. The number of likely N-dealkylation sites (N-methyl/N-ethyl adjacent to an activating group) is 2. The van der Waals surface area contributed by atoms with Crippen LogP contribution in [0.4, 0.5) is 0 Å². The lowest BCUT2D eigenvalue weighted by molar-refractivity contribution is -0.0153. The zero-order valence-corrected chi connectivity index (χ0v) is 13.6. The van der Waals surface area contributed by atoms with Crippen LogP contribution in [0.1, 0.15) is 38.5 Å². The number of nitrogens with two attached hydrogens (primary N) is 1. The van der Waals surface area contributed by atoms with Crippen molar-refractivity contribution < 1.29 is 0 Å². The third-order valence-corrected chi connectivity index (χ3v) is 6.69. The van der Waals surface area contributed by atoms with Crippen LogP contribution in [0.25, 0.3) is 0 Å². The van der Waals surface area contributed by atoms with E-state index in [9.17, 15) is 0 Å². The van der Waals surface area contributed by atoms with Crippen molar-refractivity contribution in [1.82, 2.24) is 14.7 Å². The fraction of sp³-hybridized carbons (Fsp3) is 1.00. The van der Waals surface area contributed by atoms with Crippen molar-refractivity contribution in [3.63, 3.8) is 0 Å². The first-order valence-electron chi connectivity index (χ1n) is 8.37. The Labute approximate surface area is 124 Å². The Morgan fingerprint density at radius 1 is 1.10 bits per heavy atom. The van der Waals surface area contributed by atoms with Crippen LogP contribution in [0.2, 0.25) is 0 Å². The third kappa shape index (κ3) is 2.04. The summed E-state index contributed by atoms with van der Waals surface area (Å²) in [6.07, 6.45) is 8.04. The van der Waals surface area contributed by atoms with E-state index in [2.05, 4.69) is 35.8 Å². The van der Waals surface area contributed by atoms with Crippen LogP contribution in [0, 0.1) is 0 Å². The molecule has 3 fully saturated rings. The molecule has 2 heterocycles. The molecule has 1 saturated carbocycles. The van der Waals surface area contributed by atoms with E-state index in [4.69, 9.17) is 5.73 Å². The van der Waals surface area contributed by atoms with Crippen molar-refractivity contribution in [3.05, 3.63) is 0 Å². The van der Waals surface area contributed by atoms with E-state index in [1.165, 1.54) is 58.2 Å². The van der Waals surface area contributed by atoms with Gasteiger partial charge in [-0.1, -0.05) is 0 Å². The van der Waals surface area contributed by atoms with Gasteiger partial charge in [-0.05, 0) is 66.2 Å². The van der Waals surface area contributed by atoms with Crippen molar-refractivity contribution in [2.45, 2.75) is 55.6 Å². The Morgan fingerprint density at radius 2 is 1.85 bits per heavy atom. The predicted molar refractivity (Wildman–Crippen MR) is 83.9 cm³/mol. The molecular weight excluding hydrogens is 248 g/mol. The molecule has 20 heavy (non-hydrogen) atoms. The molecule has 3 aliphatic rings. The van der Waals surface area contributed by atoms with Gasteiger partial charge in [0, 0.05) is 36.8 Å². The van der Waals surface area contributed by atoms with Crippen LogP contribution < -0.4 is 5.73 Å². The standard InChI is InChI=1S/C16H32N4/c1-18(2)15(7-5-8-15)13-19(3)16(12-17)9-11-20-10-4-6-14(16)20/h14H,4-13,17H2,1-3H3. The molecule has 0 spiro atoms. The highest BCUT2D eigenvalue weighted by Gasteiger charge is 2.52. The van der Waals surface area contributed by atoms with Gasteiger partial charge < -0.3 is 10.6 Å². The first-order valence-corrected chi connectivity index (χ1v) is 8.37. The highest BCUT2D eigenvalue weighted by Crippen LogP contribution is 2.43. The second-order valence-corrected chi connectivity index (χ2v) is 7.58. The molecule has 3 rings (SSSR count). The first-order chi connectivity index (χ1) is 9.54. The van der Waals surface area contributed by atoms with Crippen LogP contribution in [0.15, 0.2) is 0 Å².